The first kappa shape index (κ1) is 18.8. The molecule has 20 heavy (non-hydrogen) atoms. The second-order valence-electron chi connectivity index (χ2n) is 4.63. The Morgan fingerprint density at radius 1 is 1.30 bits per heavy atom. The van der Waals surface area contributed by atoms with Gasteiger partial charge in [-0.2, -0.15) is 0 Å². The average molecular weight is 290 g/mol. The minimum absolute atomic E-state index is 0.0952. The first-order valence-electron chi connectivity index (χ1n) is 6.80. The van der Waals surface area contributed by atoms with Gasteiger partial charge in [-0.05, 0) is 19.3 Å². The maximum Gasteiger partial charge on any atom is 0.237 e. The molecule has 0 saturated heterocycles. The number of nitrogens with one attached hydrogen (secondary N) is 2. The molecule has 0 aromatic heterocycles. The molecule has 2 amide bonds. The molecule has 0 aliphatic heterocycles. The summed E-state index contributed by atoms with van der Waals surface area (Å²) in [5, 5.41) is 9.81. The monoisotopic (exact) mass is 290 g/mol. The molecule has 0 saturated carbocycles. The van der Waals surface area contributed by atoms with Gasteiger partial charge in [0.2, 0.25) is 11.8 Å². The van der Waals surface area contributed by atoms with E-state index in [9.17, 15) is 14.7 Å². The van der Waals surface area contributed by atoms with Crippen molar-refractivity contribution in [1.29, 1.82) is 0 Å². The molecule has 118 valence electrons. The molecule has 0 spiro atoms. The third-order valence-electron chi connectivity index (χ3n) is 2.90. The normalized spacial score (nSPS) is 13.6. The predicted molar refractivity (Wildman–Crippen MR) is 73.7 cm³/mol. The van der Waals surface area contributed by atoms with E-state index in [1.54, 1.807) is 0 Å². The van der Waals surface area contributed by atoms with Crippen molar-refractivity contribution in [2.24, 2.45) is 17.6 Å². The highest BCUT2D eigenvalue weighted by Crippen LogP contribution is 2.14. The Labute approximate surface area is 119 Å². The van der Waals surface area contributed by atoms with Crippen LogP contribution < -0.4 is 22.5 Å². The lowest BCUT2D eigenvalue weighted by molar-refractivity contribution is -0.127. The number of carbonyl (C=O) groups is 2. The van der Waals surface area contributed by atoms with Crippen LogP contribution in [0.2, 0.25) is 0 Å². The Morgan fingerprint density at radius 2 is 2.00 bits per heavy atom. The second-order valence-corrected chi connectivity index (χ2v) is 4.63. The van der Waals surface area contributed by atoms with Crippen LogP contribution in [0.3, 0.4) is 0 Å². The second kappa shape index (κ2) is 11.6. The summed E-state index contributed by atoms with van der Waals surface area (Å²) in [7, 11) is 0. The Morgan fingerprint density at radius 3 is 2.55 bits per heavy atom. The summed E-state index contributed by atoms with van der Waals surface area (Å²) < 4.78 is 5.28. The van der Waals surface area contributed by atoms with Gasteiger partial charge in [0, 0.05) is 18.9 Å². The zero-order valence-electron chi connectivity index (χ0n) is 11.9. The van der Waals surface area contributed by atoms with Crippen molar-refractivity contribution in [3.63, 3.8) is 0 Å². The SMILES string of the molecule is CCCCOC[C@H](O)C[C@H](CCC(=O)NN)C(=O)NN. The number of hydrogen-bond donors (Lipinski definition) is 5. The van der Waals surface area contributed by atoms with Crippen molar-refractivity contribution in [3.05, 3.63) is 0 Å². The quantitative estimate of drug-likeness (QED) is 0.142. The number of aliphatic hydroxyl groups excluding tert-OH is 1. The highest BCUT2D eigenvalue weighted by molar-refractivity contribution is 5.80. The van der Waals surface area contributed by atoms with Gasteiger partial charge < -0.3 is 9.84 Å². The fraction of sp³-hybridized carbons (Fsp3) is 0.833. The van der Waals surface area contributed by atoms with Gasteiger partial charge in [-0.3, -0.25) is 20.4 Å². The van der Waals surface area contributed by atoms with Gasteiger partial charge in [0.1, 0.15) is 0 Å². The number of ether oxygens (including phenoxy) is 1. The number of hydrogen-bond acceptors (Lipinski definition) is 6. The summed E-state index contributed by atoms with van der Waals surface area (Å²) in [6.07, 6.45) is 1.72. The summed E-state index contributed by atoms with van der Waals surface area (Å²) in [6, 6.07) is 0. The molecule has 0 aromatic rings. The van der Waals surface area contributed by atoms with Crippen LogP contribution in [0.25, 0.3) is 0 Å². The summed E-state index contributed by atoms with van der Waals surface area (Å²) >= 11 is 0. The van der Waals surface area contributed by atoms with Crippen molar-refractivity contribution >= 4 is 11.8 Å². The minimum atomic E-state index is -0.768. The lowest BCUT2D eigenvalue weighted by Gasteiger charge is -2.18. The number of nitrogens with two attached hydrogens (primary N) is 2. The standard InChI is InChI=1S/C12H26N4O4/c1-2-3-6-20-8-10(17)7-9(12(19)16-14)4-5-11(18)15-13/h9-10,17H,2-8,13-14H2,1H3,(H,15,18)(H,16,19)/t9-,10+/m0/s1. The van der Waals surface area contributed by atoms with Gasteiger partial charge in [-0.15, -0.1) is 0 Å². The zero-order chi connectivity index (χ0) is 15.4. The highest BCUT2D eigenvalue weighted by Gasteiger charge is 2.22. The third-order valence-corrected chi connectivity index (χ3v) is 2.90. The number of amides is 2. The van der Waals surface area contributed by atoms with Crippen molar-refractivity contribution in [1.82, 2.24) is 10.9 Å². The molecule has 0 fully saturated rings. The van der Waals surface area contributed by atoms with Crippen LogP contribution in [-0.2, 0) is 14.3 Å². The van der Waals surface area contributed by atoms with Crippen LogP contribution in [0.4, 0.5) is 0 Å². The van der Waals surface area contributed by atoms with Crippen LogP contribution in [0.5, 0.6) is 0 Å². The van der Waals surface area contributed by atoms with E-state index in [2.05, 4.69) is 0 Å². The van der Waals surface area contributed by atoms with Gasteiger partial charge in [-0.25, -0.2) is 11.7 Å². The first-order chi connectivity index (χ1) is 9.54. The fourth-order valence-electron chi connectivity index (χ4n) is 1.71. The molecule has 8 heteroatoms. The molecular formula is C12H26N4O4. The molecule has 8 nitrogen and oxygen atoms in total. The number of hydrazine groups is 2. The summed E-state index contributed by atoms with van der Waals surface area (Å²) in [5.41, 5.74) is 4.02. The van der Waals surface area contributed by atoms with Crippen molar-refractivity contribution < 1.29 is 19.4 Å². The summed E-state index contributed by atoms with van der Waals surface area (Å²) in [6.45, 7) is 2.79. The Kier molecular flexibility index (Phi) is 10.9. The molecular weight excluding hydrogens is 264 g/mol. The lowest BCUT2D eigenvalue weighted by atomic mass is 9.95. The Balaban J connectivity index is 4.13. The molecule has 0 heterocycles. The average Bonchev–Trinajstić information content (AvgIpc) is 2.46. The van der Waals surface area contributed by atoms with E-state index in [1.807, 2.05) is 17.8 Å². The lowest BCUT2D eigenvalue weighted by Crippen LogP contribution is -2.39. The van der Waals surface area contributed by atoms with E-state index in [0.717, 1.165) is 12.8 Å². The van der Waals surface area contributed by atoms with E-state index in [4.69, 9.17) is 16.4 Å². The number of rotatable bonds is 11. The molecule has 7 N–H and O–H groups in total. The third kappa shape index (κ3) is 8.81. The van der Waals surface area contributed by atoms with E-state index < -0.39 is 17.9 Å². The largest absolute Gasteiger partial charge is 0.391 e. The maximum absolute atomic E-state index is 11.6. The van der Waals surface area contributed by atoms with Crippen LogP contribution in [-0.4, -0.2) is 36.2 Å². The maximum atomic E-state index is 11.6. The smallest absolute Gasteiger partial charge is 0.237 e. The molecule has 0 rings (SSSR count). The molecule has 0 aliphatic carbocycles. The fourth-order valence-corrected chi connectivity index (χ4v) is 1.71. The van der Waals surface area contributed by atoms with Crippen molar-refractivity contribution in [2.75, 3.05) is 13.2 Å². The molecule has 0 radical (unpaired) electrons. The van der Waals surface area contributed by atoms with Gasteiger partial charge in [0.25, 0.3) is 0 Å². The van der Waals surface area contributed by atoms with Gasteiger partial charge in [0.05, 0.1) is 12.7 Å². The van der Waals surface area contributed by atoms with E-state index in [0.29, 0.717) is 6.61 Å². The van der Waals surface area contributed by atoms with Crippen LogP contribution in [0, 0.1) is 5.92 Å². The molecule has 0 aromatic carbocycles. The van der Waals surface area contributed by atoms with E-state index in [-0.39, 0.29) is 31.8 Å². The molecule has 2 atom stereocenters. The van der Waals surface area contributed by atoms with Crippen LogP contribution in [0.15, 0.2) is 0 Å². The predicted octanol–water partition coefficient (Wildman–Crippen LogP) is -1.07. The number of unbranched alkanes of at least 4 members (excludes halogenated alkanes) is 1. The van der Waals surface area contributed by atoms with Crippen molar-refractivity contribution in [3.8, 4) is 0 Å². The zero-order valence-corrected chi connectivity index (χ0v) is 11.9. The van der Waals surface area contributed by atoms with Gasteiger partial charge in [0.15, 0.2) is 0 Å². The molecule has 0 unspecified atom stereocenters. The summed E-state index contributed by atoms with van der Waals surface area (Å²) in [5.74, 6) is 8.72. The Hall–Kier alpha value is -1.22. The van der Waals surface area contributed by atoms with Crippen LogP contribution in [0.1, 0.15) is 39.0 Å². The van der Waals surface area contributed by atoms with E-state index in [1.165, 1.54) is 0 Å². The van der Waals surface area contributed by atoms with E-state index >= 15 is 0 Å². The van der Waals surface area contributed by atoms with Gasteiger partial charge >= 0.3 is 0 Å². The van der Waals surface area contributed by atoms with Crippen molar-refractivity contribution in [2.45, 2.75) is 45.1 Å². The molecule has 0 bridgehead atoms. The number of aliphatic hydroxyl groups is 1. The van der Waals surface area contributed by atoms with Crippen LogP contribution >= 0.6 is 0 Å². The summed E-state index contributed by atoms with van der Waals surface area (Å²) in [4.78, 5) is 22.6. The molecule has 0 aliphatic rings. The Bertz CT molecular complexity index is 289. The highest BCUT2D eigenvalue weighted by atomic mass is 16.5. The van der Waals surface area contributed by atoms with Gasteiger partial charge in [-0.1, -0.05) is 13.3 Å². The number of carbonyl (C=O) groups excluding carboxylic acids is 2. The first-order valence-corrected chi connectivity index (χ1v) is 6.80. The minimum Gasteiger partial charge on any atom is -0.391 e. The topological polar surface area (TPSA) is 140 Å².